The van der Waals surface area contributed by atoms with Crippen LogP contribution in [0.2, 0.25) is 0 Å². The highest BCUT2D eigenvalue weighted by molar-refractivity contribution is 5.96. The molecule has 3 nitrogen and oxygen atoms in total. The van der Waals surface area contributed by atoms with Crippen LogP contribution in [0.1, 0.15) is 43.4 Å². The summed E-state index contributed by atoms with van der Waals surface area (Å²) in [6, 6.07) is 17.3. The van der Waals surface area contributed by atoms with Gasteiger partial charge in [-0.05, 0) is 42.5 Å². The molecule has 3 heteroatoms. The summed E-state index contributed by atoms with van der Waals surface area (Å²) in [5.74, 6) is 0.239. The van der Waals surface area contributed by atoms with Gasteiger partial charge in [0.1, 0.15) is 6.07 Å². The molecule has 23 heavy (non-hydrogen) atoms. The van der Waals surface area contributed by atoms with Crippen LogP contribution in [-0.4, -0.2) is 5.91 Å². The van der Waals surface area contributed by atoms with Crippen LogP contribution in [0.25, 0.3) is 0 Å². The lowest BCUT2D eigenvalue weighted by molar-refractivity contribution is -0.117. The molecule has 2 aromatic carbocycles. The summed E-state index contributed by atoms with van der Waals surface area (Å²) in [6.45, 7) is 6.26. The van der Waals surface area contributed by atoms with E-state index in [9.17, 15) is 4.79 Å². The molecule has 0 fully saturated rings. The predicted octanol–water partition coefficient (Wildman–Crippen LogP) is 4.50. The number of hydrogen-bond donors (Lipinski definition) is 1. The first kappa shape index (κ1) is 16.8. The molecule has 1 unspecified atom stereocenters. The molecule has 1 amide bonds. The highest BCUT2D eigenvalue weighted by Gasteiger charge is 2.16. The number of nitrogens with one attached hydrogen (secondary N) is 1. The first-order chi connectivity index (χ1) is 11.0. The standard InChI is InChI=1S/C20H22N2O/c1-14(2)12-16-8-10-17(11-9-16)15(3)20(23)22-19-7-5-4-6-18(19)13-21/h4-11,14-15H,12H2,1-3H3,(H,22,23). The highest BCUT2D eigenvalue weighted by Crippen LogP contribution is 2.21. The van der Waals surface area contributed by atoms with Crippen molar-refractivity contribution in [2.24, 2.45) is 5.92 Å². The molecule has 118 valence electrons. The van der Waals surface area contributed by atoms with Crippen molar-refractivity contribution in [3.63, 3.8) is 0 Å². The Hall–Kier alpha value is -2.60. The number of nitrogens with zero attached hydrogens (tertiary/aromatic N) is 1. The zero-order valence-electron chi connectivity index (χ0n) is 13.8. The molecule has 0 bridgehead atoms. The molecule has 0 heterocycles. The molecular weight excluding hydrogens is 284 g/mol. The van der Waals surface area contributed by atoms with Gasteiger partial charge >= 0.3 is 0 Å². The van der Waals surface area contributed by atoms with Gasteiger partial charge in [-0.1, -0.05) is 50.2 Å². The summed E-state index contributed by atoms with van der Waals surface area (Å²) in [5.41, 5.74) is 3.29. The lowest BCUT2D eigenvalue weighted by Crippen LogP contribution is -2.19. The van der Waals surface area contributed by atoms with Crippen LogP contribution in [-0.2, 0) is 11.2 Å². The van der Waals surface area contributed by atoms with E-state index in [1.807, 2.05) is 25.1 Å². The minimum Gasteiger partial charge on any atom is -0.324 e. The Labute approximate surface area is 138 Å². The van der Waals surface area contributed by atoms with Crippen molar-refractivity contribution in [3.05, 3.63) is 65.2 Å². The van der Waals surface area contributed by atoms with Gasteiger partial charge in [0.2, 0.25) is 5.91 Å². The molecule has 2 aromatic rings. The van der Waals surface area contributed by atoms with E-state index < -0.39 is 0 Å². The first-order valence-corrected chi connectivity index (χ1v) is 7.90. The number of amides is 1. The summed E-state index contributed by atoms with van der Waals surface area (Å²) in [7, 11) is 0. The second kappa shape index (κ2) is 7.60. The smallest absolute Gasteiger partial charge is 0.231 e. The van der Waals surface area contributed by atoms with Gasteiger partial charge < -0.3 is 5.32 Å². The monoisotopic (exact) mass is 306 g/mol. The quantitative estimate of drug-likeness (QED) is 0.884. The molecule has 0 saturated carbocycles. The van der Waals surface area contributed by atoms with Crippen LogP contribution in [0.15, 0.2) is 48.5 Å². The van der Waals surface area contributed by atoms with Crippen LogP contribution < -0.4 is 5.32 Å². The SMILES string of the molecule is CC(C)Cc1ccc(C(C)C(=O)Nc2ccccc2C#N)cc1. The van der Waals surface area contributed by atoms with Crippen LogP contribution in [0.3, 0.4) is 0 Å². The molecule has 0 aliphatic rings. The van der Waals surface area contributed by atoms with E-state index in [0.29, 0.717) is 17.2 Å². The number of rotatable bonds is 5. The van der Waals surface area contributed by atoms with E-state index in [1.165, 1.54) is 5.56 Å². The van der Waals surface area contributed by atoms with E-state index in [-0.39, 0.29) is 11.8 Å². The summed E-state index contributed by atoms with van der Waals surface area (Å²) >= 11 is 0. The van der Waals surface area contributed by atoms with Gasteiger partial charge in [0.15, 0.2) is 0 Å². The maximum atomic E-state index is 12.4. The fourth-order valence-corrected chi connectivity index (χ4v) is 2.50. The zero-order valence-corrected chi connectivity index (χ0v) is 13.8. The van der Waals surface area contributed by atoms with Crippen LogP contribution in [0.5, 0.6) is 0 Å². The van der Waals surface area contributed by atoms with Crippen LogP contribution in [0, 0.1) is 17.2 Å². The third kappa shape index (κ3) is 4.43. The molecule has 0 radical (unpaired) electrons. The van der Waals surface area contributed by atoms with Crippen molar-refractivity contribution >= 4 is 11.6 Å². The third-order valence-corrected chi connectivity index (χ3v) is 3.82. The number of carbonyl (C=O) groups is 1. The molecule has 1 N–H and O–H groups in total. The lowest BCUT2D eigenvalue weighted by Gasteiger charge is -2.14. The number of anilines is 1. The maximum absolute atomic E-state index is 12.4. The zero-order chi connectivity index (χ0) is 16.8. The van der Waals surface area contributed by atoms with E-state index in [1.54, 1.807) is 18.2 Å². The largest absolute Gasteiger partial charge is 0.324 e. The summed E-state index contributed by atoms with van der Waals surface area (Å²) in [5, 5.41) is 11.9. The molecular formula is C20H22N2O. The van der Waals surface area contributed by atoms with Gasteiger partial charge in [-0.2, -0.15) is 5.26 Å². The topological polar surface area (TPSA) is 52.9 Å². The van der Waals surface area contributed by atoms with Crippen molar-refractivity contribution in [2.45, 2.75) is 33.1 Å². The molecule has 1 atom stereocenters. The molecule has 0 aliphatic heterocycles. The van der Waals surface area contributed by atoms with Crippen LogP contribution >= 0.6 is 0 Å². The molecule has 0 aliphatic carbocycles. The number of nitriles is 1. The number of benzene rings is 2. The number of carbonyl (C=O) groups excluding carboxylic acids is 1. The average Bonchev–Trinajstić information content (AvgIpc) is 2.55. The van der Waals surface area contributed by atoms with Crippen LogP contribution in [0.4, 0.5) is 5.69 Å². The lowest BCUT2D eigenvalue weighted by atomic mass is 9.96. The Morgan fingerprint density at radius 3 is 2.35 bits per heavy atom. The maximum Gasteiger partial charge on any atom is 0.231 e. The molecule has 0 saturated heterocycles. The minimum absolute atomic E-state index is 0.107. The Morgan fingerprint density at radius 2 is 1.74 bits per heavy atom. The van der Waals surface area contributed by atoms with E-state index in [4.69, 9.17) is 5.26 Å². The Bertz CT molecular complexity index is 711. The summed E-state index contributed by atoms with van der Waals surface area (Å²) in [4.78, 5) is 12.4. The Morgan fingerprint density at radius 1 is 1.09 bits per heavy atom. The Kier molecular flexibility index (Phi) is 5.54. The van der Waals surface area contributed by atoms with Gasteiger partial charge in [-0.15, -0.1) is 0 Å². The van der Waals surface area contributed by atoms with E-state index in [0.717, 1.165) is 12.0 Å². The number of para-hydroxylation sites is 1. The van der Waals surface area contributed by atoms with Gasteiger partial charge in [0, 0.05) is 0 Å². The average molecular weight is 306 g/mol. The molecule has 0 spiro atoms. The first-order valence-electron chi connectivity index (χ1n) is 7.90. The van der Waals surface area contributed by atoms with E-state index in [2.05, 4.69) is 37.4 Å². The van der Waals surface area contributed by atoms with Gasteiger partial charge in [-0.25, -0.2) is 0 Å². The number of hydrogen-bond acceptors (Lipinski definition) is 2. The predicted molar refractivity (Wildman–Crippen MR) is 93.2 cm³/mol. The fourth-order valence-electron chi connectivity index (χ4n) is 2.50. The summed E-state index contributed by atoms with van der Waals surface area (Å²) < 4.78 is 0. The second-order valence-corrected chi connectivity index (χ2v) is 6.21. The van der Waals surface area contributed by atoms with Crippen molar-refractivity contribution in [2.75, 3.05) is 5.32 Å². The fraction of sp³-hybridized carbons (Fsp3) is 0.300. The van der Waals surface area contributed by atoms with Crippen molar-refractivity contribution in [3.8, 4) is 6.07 Å². The normalized spacial score (nSPS) is 11.8. The van der Waals surface area contributed by atoms with Crippen molar-refractivity contribution < 1.29 is 4.79 Å². The second-order valence-electron chi connectivity index (χ2n) is 6.21. The van der Waals surface area contributed by atoms with Gasteiger partial charge in [0.25, 0.3) is 0 Å². The Balaban J connectivity index is 2.09. The van der Waals surface area contributed by atoms with Crippen molar-refractivity contribution in [1.82, 2.24) is 0 Å². The van der Waals surface area contributed by atoms with Crippen molar-refractivity contribution in [1.29, 1.82) is 5.26 Å². The molecule has 0 aromatic heterocycles. The highest BCUT2D eigenvalue weighted by atomic mass is 16.1. The summed E-state index contributed by atoms with van der Waals surface area (Å²) in [6.07, 6.45) is 1.04. The molecule has 2 rings (SSSR count). The minimum atomic E-state index is -0.269. The van der Waals surface area contributed by atoms with Gasteiger partial charge in [0.05, 0.1) is 17.2 Å². The third-order valence-electron chi connectivity index (χ3n) is 3.82. The van der Waals surface area contributed by atoms with Gasteiger partial charge in [-0.3, -0.25) is 4.79 Å². The van der Waals surface area contributed by atoms with E-state index >= 15 is 0 Å².